The van der Waals surface area contributed by atoms with E-state index in [1.54, 1.807) is 0 Å². The molecule has 0 N–H and O–H groups in total. The number of nitrogens with zero attached hydrogens (tertiary/aromatic N) is 1. The van der Waals surface area contributed by atoms with Gasteiger partial charge in [-0.3, -0.25) is 4.90 Å². The maximum atomic E-state index is 6.58. The molecule has 0 aromatic heterocycles. The van der Waals surface area contributed by atoms with Gasteiger partial charge in [0, 0.05) is 18.4 Å². The van der Waals surface area contributed by atoms with Gasteiger partial charge >= 0.3 is 0 Å². The van der Waals surface area contributed by atoms with Crippen LogP contribution in [0.1, 0.15) is 42.2 Å². The maximum absolute atomic E-state index is 6.58. The van der Waals surface area contributed by atoms with Crippen LogP contribution in [0.2, 0.25) is 0 Å². The Balaban J connectivity index is 1.34. The predicted molar refractivity (Wildman–Crippen MR) is 109 cm³/mol. The molecule has 0 amide bonds. The summed E-state index contributed by atoms with van der Waals surface area (Å²) in [6, 6.07) is 18.6. The van der Waals surface area contributed by atoms with Gasteiger partial charge in [-0.2, -0.15) is 0 Å². The number of benzene rings is 2. The first-order valence-electron chi connectivity index (χ1n) is 9.54. The van der Waals surface area contributed by atoms with Gasteiger partial charge in [-0.1, -0.05) is 48.9 Å². The van der Waals surface area contributed by atoms with Crippen LogP contribution in [0.15, 0.2) is 54.6 Å². The molecule has 1 aliphatic heterocycles. The summed E-state index contributed by atoms with van der Waals surface area (Å²) in [6.07, 6.45) is 4.00. The molecule has 4 rings (SSSR count). The molecule has 0 spiro atoms. The second kappa shape index (κ2) is 7.80. The van der Waals surface area contributed by atoms with Gasteiger partial charge in [-0.15, -0.1) is 23.2 Å². The Morgan fingerprint density at radius 2 is 1.46 bits per heavy atom. The van der Waals surface area contributed by atoms with Crippen molar-refractivity contribution in [3.63, 3.8) is 0 Å². The molecule has 1 saturated heterocycles. The maximum Gasteiger partial charge on any atom is 0.133 e. The van der Waals surface area contributed by atoms with E-state index in [-0.39, 0.29) is 11.8 Å². The van der Waals surface area contributed by atoms with Crippen molar-refractivity contribution in [3.05, 3.63) is 65.7 Å². The summed E-state index contributed by atoms with van der Waals surface area (Å²) in [5.74, 6) is 1.20. The highest BCUT2D eigenvalue weighted by Gasteiger charge is 2.64. The molecule has 2 fully saturated rings. The second-order valence-electron chi connectivity index (χ2n) is 7.36. The minimum absolute atomic E-state index is 0.135. The molecular weight excluding hydrogens is 365 g/mol. The highest BCUT2D eigenvalue weighted by atomic mass is 35.5. The zero-order chi connectivity index (χ0) is 18.0. The van der Waals surface area contributed by atoms with Crippen molar-refractivity contribution in [3.8, 4) is 5.75 Å². The molecule has 2 unspecified atom stereocenters. The molecule has 2 aliphatic rings. The van der Waals surface area contributed by atoms with Crippen LogP contribution in [-0.4, -0.2) is 35.5 Å². The molecule has 2 atom stereocenters. The van der Waals surface area contributed by atoms with E-state index in [1.165, 1.54) is 43.5 Å². The first-order valence-corrected chi connectivity index (χ1v) is 10.3. The van der Waals surface area contributed by atoms with Crippen molar-refractivity contribution in [2.24, 2.45) is 0 Å². The summed E-state index contributed by atoms with van der Waals surface area (Å²) in [4.78, 5) is 2.49. The largest absolute Gasteiger partial charge is 0.492 e. The van der Waals surface area contributed by atoms with E-state index in [1.807, 2.05) is 30.3 Å². The highest BCUT2D eigenvalue weighted by Crippen LogP contribution is 2.70. The number of piperidine rings is 1. The van der Waals surface area contributed by atoms with Crippen LogP contribution in [0, 0.1) is 0 Å². The van der Waals surface area contributed by atoms with Gasteiger partial charge in [-0.25, -0.2) is 0 Å². The topological polar surface area (TPSA) is 12.5 Å². The summed E-state index contributed by atoms with van der Waals surface area (Å²) in [5.41, 5.74) is 2.37. The van der Waals surface area contributed by atoms with E-state index in [4.69, 9.17) is 27.9 Å². The molecule has 1 heterocycles. The Hall–Kier alpha value is -1.22. The van der Waals surface area contributed by atoms with Crippen LogP contribution in [-0.2, 0) is 0 Å². The summed E-state index contributed by atoms with van der Waals surface area (Å²) in [5, 5.41) is 0. The molecule has 0 bridgehead atoms. The third-order valence-corrected chi connectivity index (χ3v) is 6.52. The standard InChI is InChI=1S/C22H25Cl2NO/c23-22(24)20(17-7-3-1-4-8-17)21(22)18-9-11-19(12-10-18)26-16-15-25-13-5-2-6-14-25/h1,3-4,7-12,20-21H,2,5-6,13-16H2. The van der Waals surface area contributed by atoms with Crippen LogP contribution in [0.3, 0.4) is 0 Å². The van der Waals surface area contributed by atoms with E-state index in [2.05, 4.69) is 29.2 Å². The number of hydrogen-bond acceptors (Lipinski definition) is 2. The number of hydrogen-bond donors (Lipinski definition) is 0. The quantitative estimate of drug-likeness (QED) is 0.595. The molecule has 4 heteroatoms. The lowest BCUT2D eigenvalue weighted by Crippen LogP contribution is -2.33. The molecule has 1 saturated carbocycles. The fourth-order valence-corrected chi connectivity index (χ4v) is 4.95. The number of likely N-dealkylation sites (tertiary alicyclic amines) is 1. The van der Waals surface area contributed by atoms with Crippen LogP contribution >= 0.6 is 23.2 Å². The van der Waals surface area contributed by atoms with E-state index in [0.29, 0.717) is 0 Å². The summed E-state index contributed by atoms with van der Waals surface area (Å²) < 4.78 is 5.20. The third-order valence-electron chi connectivity index (χ3n) is 5.58. The molecule has 0 radical (unpaired) electrons. The van der Waals surface area contributed by atoms with Crippen LogP contribution in [0.25, 0.3) is 0 Å². The Kier molecular flexibility index (Phi) is 5.45. The lowest BCUT2D eigenvalue weighted by molar-refractivity contribution is 0.183. The second-order valence-corrected chi connectivity index (χ2v) is 8.80. The highest BCUT2D eigenvalue weighted by molar-refractivity contribution is 6.52. The lowest BCUT2D eigenvalue weighted by Gasteiger charge is -2.26. The lowest BCUT2D eigenvalue weighted by atomic mass is 10.0. The predicted octanol–water partition coefficient (Wildman–Crippen LogP) is 5.61. The first kappa shape index (κ1) is 18.2. The normalized spacial score (nSPS) is 25.0. The Labute approximate surface area is 166 Å². The molecule has 2 nitrogen and oxygen atoms in total. The summed E-state index contributed by atoms with van der Waals surface area (Å²) in [6.45, 7) is 4.16. The van der Waals surface area contributed by atoms with Crippen molar-refractivity contribution < 1.29 is 4.74 Å². The summed E-state index contributed by atoms with van der Waals surface area (Å²) >= 11 is 13.2. The van der Waals surface area contributed by atoms with Gasteiger partial charge in [0.1, 0.15) is 16.7 Å². The Morgan fingerprint density at radius 1 is 0.846 bits per heavy atom. The number of rotatable bonds is 6. The van der Waals surface area contributed by atoms with Gasteiger partial charge in [0.05, 0.1) is 0 Å². The number of ether oxygens (including phenoxy) is 1. The van der Waals surface area contributed by atoms with Crippen LogP contribution in [0.5, 0.6) is 5.75 Å². The Bertz CT molecular complexity index is 711. The van der Waals surface area contributed by atoms with Gasteiger partial charge in [0.25, 0.3) is 0 Å². The average Bonchev–Trinajstić information content (AvgIpc) is 3.26. The minimum Gasteiger partial charge on any atom is -0.492 e. The van der Waals surface area contributed by atoms with E-state index in [9.17, 15) is 0 Å². The van der Waals surface area contributed by atoms with E-state index >= 15 is 0 Å². The third kappa shape index (κ3) is 3.88. The van der Waals surface area contributed by atoms with Crippen molar-refractivity contribution in [2.45, 2.75) is 35.4 Å². The van der Waals surface area contributed by atoms with Crippen LogP contribution in [0.4, 0.5) is 0 Å². The number of halogens is 2. The SMILES string of the molecule is ClC1(Cl)C(c2ccccc2)C1c1ccc(OCCN2CCCCC2)cc1. The van der Waals surface area contributed by atoms with Gasteiger partial charge < -0.3 is 4.74 Å². The van der Waals surface area contributed by atoms with Crippen LogP contribution < -0.4 is 4.74 Å². The van der Waals surface area contributed by atoms with Gasteiger partial charge in [0.2, 0.25) is 0 Å². The Morgan fingerprint density at radius 3 is 2.12 bits per heavy atom. The fourth-order valence-electron chi connectivity index (χ4n) is 4.06. The fraction of sp³-hybridized carbons (Fsp3) is 0.455. The zero-order valence-corrected chi connectivity index (χ0v) is 16.4. The van der Waals surface area contributed by atoms with Crippen molar-refractivity contribution in [2.75, 3.05) is 26.2 Å². The first-order chi connectivity index (χ1) is 12.7. The van der Waals surface area contributed by atoms with E-state index < -0.39 is 4.33 Å². The van der Waals surface area contributed by atoms with E-state index in [0.717, 1.165) is 18.9 Å². The molecule has 138 valence electrons. The molecule has 2 aromatic carbocycles. The molecule has 2 aromatic rings. The molecule has 26 heavy (non-hydrogen) atoms. The van der Waals surface area contributed by atoms with Crippen molar-refractivity contribution >= 4 is 23.2 Å². The van der Waals surface area contributed by atoms with Gasteiger partial charge in [0.15, 0.2) is 0 Å². The zero-order valence-electron chi connectivity index (χ0n) is 14.9. The minimum atomic E-state index is -0.724. The van der Waals surface area contributed by atoms with Crippen molar-refractivity contribution in [1.82, 2.24) is 4.90 Å². The van der Waals surface area contributed by atoms with Crippen molar-refractivity contribution in [1.29, 1.82) is 0 Å². The molecular formula is C22H25Cl2NO. The number of alkyl halides is 2. The summed E-state index contributed by atoms with van der Waals surface area (Å²) in [7, 11) is 0. The average molecular weight is 390 g/mol. The monoisotopic (exact) mass is 389 g/mol. The smallest absolute Gasteiger partial charge is 0.133 e. The molecule has 1 aliphatic carbocycles. The van der Waals surface area contributed by atoms with Gasteiger partial charge in [-0.05, 0) is 49.2 Å².